The van der Waals surface area contributed by atoms with Crippen LogP contribution in [0.15, 0.2) is 30.5 Å². The first-order valence-corrected chi connectivity index (χ1v) is 7.05. The van der Waals surface area contributed by atoms with E-state index in [4.69, 9.17) is 0 Å². The zero-order valence-electron chi connectivity index (χ0n) is 11.7. The molecule has 0 saturated heterocycles. The van der Waals surface area contributed by atoms with Gasteiger partial charge >= 0.3 is 0 Å². The highest BCUT2D eigenvalue weighted by Crippen LogP contribution is 2.35. The summed E-state index contributed by atoms with van der Waals surface area (Å²) in [5, 5.41) is 12.5. The van der Waals surface area contributed by atoms with Crippen LogP contribution >= 0.6 is 0 Å². The molecule has 0 saturated carbocycles. The number of fused-ring (bicyclic) bond motifs is 2. The van der Waals surface area contributed by atoms with Gasteiger partial charge in [0.05, 0.1) is 17.7 Å². The fraction of sp³-hybridized carbons (Fsp3) is 0.188. The molecule has 0 radical (unpaired) electrons. The summed E-state index contributed by atoms with van der Waals surface area (Å²) >= 11 is 0. The normalized spacial score (nSPS) is 15.5. The molecule has 6 heteroatoms. The van der Waals surface area contributed by atoms with E-state index < -0.39 is 0 Å². The Morgan fingerprint density at radius 1 is 1.36 bits per heavy atom. The first kappa shape index (κ1) is 12.8. The third-order valence-electron chi connectivity index (χ3n) is 4.07. The van der Waals surface area contributed by atoms with Crippen LogP contribution in [0.2, 0.25) is 0 Å². The van der Waals surface area contributed by atoms with Gasteiger partial charge in [-0.2, -0.15) is 0 Å². The molecule has 0 bridgehead atoms. The third-order valence-corrected chi connectivity index (χ3v) is 4.07. The van der Waals surface area contributed by atoms with Crippen LogP contribution in [-0.2, 0) is 17.6 Å². The topological polar surface area (TPSA) is 82.5 Å². The van der Waals surface area contributed by atoms with E-state index in [1.54, 1.807) is 23.1 Å². The minimum absolute atomic E-state index is 0.108. The van der Waals surface area contributed by atoms with Crippen molar-refractivity contribution >= 4 is 23.3 Å². The fourth-order valence-corrected chi connectivity index (χ4v) is 3.01. The number of anilines is 2. The number of phenolic OH excluding ortho intramolecular Hbond substituents is 1. The van der Waals surface area contributed by atoms with Gasteiger partial charge in [0.1, 0.15) is 11.6 Å². The molecule has 0 unspecified atom stereocenters. The Bertz CT molecular complexity index is 816. The molecule has 0 fully saturated rings. The van der Waals surface area contributed by atoms with Gasteiger partial charge < -0.3 is 15.3 Å². The predicted octanol–water partition coefficient (Wildman–Crippen LogP) is 1.48. The van der Waals surface area contributed by atoms with E-state index in [2.05, 4.69) is 10.3 Å². The minimum Gasteiger partial charge on any atom is -0.508 e. The number of hydrogen-bond acceptors (Lipinski definition) is 4. The highest BCUT2D eigenvalue weighted by molar-refractivity contribution is 6.08. The molecule has 4 rings (SSSR count). The van der Waals surface area contributed by atoms with Gasteiger partial charge in [0, 0.05) is 23.9 Å². The smallest absolute Gasteiger partial charge is 0.259 e. The van der Waals surface area contributed by atoms with Crippen molar-refractivity contribution < 1.29 is 14.7 Å². The first-order chi connectivity index (χ1) is 10.6. The summed E-state index contributed by atoms with van der Waals surface area (Å²) in [6.45, 7) is 0.528. The number of aromatic nitrogens is 1. The molecule has 6 nitrogen and oxygen atoms in total. The maximum absolute atomic E-state index is 12.7. The second-order valence-corrected chi connectivity index (χ2v) is 5.44. The van der Waals surface area contributed by atoms with Crippen LogP contribution in [0.1, 0.15) is 21.5 Å². The number of rotatable bonds is 1. The number of carbonyl (C=O) groups is 2. The Kier molecular flexibility index (Phi) is 2.66. The van der Waals surface area contributed by atoms with Crippen LogP contribution in [0.4, 0.5) is 11.5 Å². The largest absolute Gasteiger partial charge is 0.508 e. The number of pyridine rings is 1. The molecule has 3 heterocycles. The molecule has 110 valence electrons. The van der Waals surface area contributed by atoms with E-state index in [0.29, 0.717) is 24.3 Å². The van der Waals surface area contributed by atoms with Crippen LogP contribution < -0.4 is 10.2 Å². The zero-order valence-corrected chi connectivity index (χ0v) is 11.7. The lowest BCUT2D eigenvalue weighted by atomic mass is 10.1. The van der Waals surface area contributed by atoms with Crippen molar-refractivity contribution in [2.45, 2.75) is 12.8 Å². The van der Waals surface area contributed by atoms with Crippen molar-refractivity contribution in [1.29, 1.82) is 0 Å². The van der Waals surface area contributed by atoms with Gasteiger partial charge in [-0.05, 0) is 24.6 Å². The minimum atomic E-state index is -0.168. The average Bonchev–Trinajstić information content (AvgIpc) is 3.08. The predicted molar refractivity (Wildman–Crippen MR) is 80.1 cm³/mol. The summed E-state index contributed by atoms with van der Waals surface area (Å²) in [6.07, 6.45) is 2.36. The maximum Gasteiger partial charge on any atom is 0.259 e. The standard InChI is InChI=1S/C16H13N3O3/c20-13-3-1-2-12-11(13)4-5-19(12)16(22)10-6-9-7-14(21)18-15(9)17-8-10/h1-3,6,8,20H,4-5,7H2,(H,17,18,21). The average molecular weight is 295 g/mol. The Hall–Kier alpha value is -2.89. The first-order valence-electron chi connectivity index (χ1n) is 7.05. The molecular weight excluding hydrogens is 282 g/mol. The lowest BCUT2D eigenvalue weighted by molar-refractivity contribution is -0.115. The molecular formula is C16H13N3O3. The van der Waals surface area contributed by atoms with Gasteiger partial charge in [0.25, 0.3) is 5.91 Å². The Morgan fingerprint density at radius 3 is 3.09 bits per heavy atom. The van der Waals surface area contributed by atoms with Gasteiger partial charge in [0.15, 0.2) is 0 Å². The molecule has 1 aromatic carbocycles. The number of amides is 2. The number of nitrogens with zero attached hydrogens (tertiary/aromatic N) is 2. The van der Waals surface area contributed by atoms with Crippen molar-refractivity contribution in [3.8, 4) is 5.75 Å². The number of nitrogens with one attached hydrogen (secondary N) is 1. The van der Waals surface area contributed by atoms with Crippen LogP contribution in [0.25, 0.3) is 0 Å². The zero-order chi connectivity index (χ0) is 15.3. The summed E-state index contributed by atoms with van der Waals surface area (Å²) in [4.78, 5) is 29.9. The Morgan fingerprint density at radius 2 is 2.23 bits per heavy atom. The van der Waals surface area contributed by atoms with Gasteiger partial charge in [0.2, 0.25) is 5.91 Å². The molecule has 22 heavy (non-hydrogen) atoms. The Labute approximate surface area is 126 Å². The fourth-order valence-electron chi connectivity index (χ4n) is 3.01. The van der Waals surface area contributed by atoms with Crippen molar-refractivity contribution in [3.63, 3.8) is 0 Å². The van der Waals surface area contributed by atoms with E-state index in [1.165, 1.54) is 6.20 Å². The third kappa shape index (κ3) is 1.84. The molecule has 0 atom stereocenters. The molecule has 2 N–H and O–H groups in total. The molecule has 0 aliphatic carbocycles. The quantitative estimate of drug-likeness (QED) is 0.835. The number of benzene rings is 1. The van der Waals surface area contributed by atoms with Crippen LogP contribution in [0.5, 0.6) is 5.75 Å². The monoisotopic (exact) mass is 295 g/mol. The van der Waals surface area contributed by atoms with E-state index in [-0.39, 0.29) is 24.0 Å². The highest BCUT2D eigenvalue weighted by atomic mass is 16.3. The Balaban J connectivity index is 1.69. The summed E-state index contributed by atoms with van der Waals surface area (Å²) in [5.41, 5.74) is 2.72. The number of phenols is 1. The lowest BCUT2D eigenvalue weighted by Crippen LogP contribution is -2.29. The highest BCUT2D eigenvalue weighted by Gasteiger charge is 2.29. The van der Waals surface area contributed by atoms with Gasteiger partial charge in [-0.25, -0.2) is 4.98 Å². The van der Waals surface area contributed by atoms with Gasteiger partial charge in [-0.1, -0.05) is 6.07 Å². The summed E-state index contributed by atoms with van der Waals surface area (Å²) in [5.74, 6) is 0.471. The summed E-state index contributed by atoms with van der Waals surface area (Å²) < 4.78 is 0. The van der Waals surface area contributed by atoms with E-state index in [1.807, 2.05) is 6.07 Å². The molecule has 2 aliphatic rings. The SMILES string of the molecule is O=C1Cc2cc(C(=O)N3CCc4c(O)cccc43)cnc2N1. The number of hydrogen-bond donors (Lipinski definition) is 2. The van der Waals surface area contributed by atoms with Crippen LogP contribution in [0.3, 0.4) is 0 Å². The molecule has 2 aliphatic heterocycles. The summed E-state index contributed by atoms with van der Waals surface area (Å²) in [6, 6.07) is 6.89. The molecule has 2 amide bonds. The van der Waals surface area contributed by atoms with Gasteiger partial charge in [-0.3, -0.25) is 9.59 Å². The number of aromatic hydroxyl groups is 1. The van der Waals surface area contributed by atoms with Crippen molar-refractivity contribution in [1.82, 2.24) is 4.98 Å². The van der Waals surface area contributed by atoms with Crippen molar-refractivity contribution in [2.24, 2.45) is 0 Å². The maximum atomic E-state index is 12.7. The van der Waals surface area contributed by atoms with E-state index in [0.717, 1.165) is 16.8 Å². The van der Waals surface area contributed by atoms with Crippen molar-refractivity contribution in [2.75, 3.05) is 16.8 Å². The molecule has 1 aromatic heterocycles. The number of carbonyl (C=O) groups excluding carboxylic acids is 2. The van der Waals surface area contributed by atoms with Crippen LogP contribution in [0, 0.1) is 0 Å². The second-order valence-electron chi connectivity index (χ2n) is 5.44. The lowest BCUT2D eigenvalue weighted by Gasteiger charge is -2.17. The van der Waals surface area contributed by atoms with E-state index in [9.17, 15) is 14.7 Å². The molecule has 2 aromatic rings. The van der Waals surface area contributed by atoms with Gasteiger partial charge in [-0.15, -0.1) is 0 Å². The van der Waals surface area contributed by atoms with Crippen LogP contribution in [-0.4, -0.2) is 28.4 Å². The van der Waals surface area contributed by atoms with E-state index >= 15 is 0 Å². The second kappa shape index (κ2) is 4.56. The summed E-state index contributed by atoms with van der Waals surface area (Å²) in [7, 11) is 0. The molecule has 0 spiro atoms. The van der Waals surface area contributed by atoms with Crippen molar-refractivity contribution in [3.05, 3.63) is 47.2 Å².